The third-order valence-corrected chi connectivity index (χ3v) is 5.41. The summed E-state index contributed by atoms with van der Waals surface area (Å²) in [5.74, 6) is -0.917. The number of amides is 1. The zero-order chi connectivity index (χ0) is 25.8. The summed E-state index contributed by atoms with van der Waals surface area (Å²) in [6, 6.07) is 11.6. The summed E-state index contributed by atoms with van der Waals surface area (Å²) < 4.78 is 4.76. The van der Waals surface area contributed by atoms with Crippen LogP contribution in [0.3, 0.4) is 0 Å². The second-order valence-corrected chi connectivity index (χ2v) is 8.83. The van der Waals surface area contributed by atoms with Gasteiger partial charge in [0.15, 0.2) is 6.61 Å². The van der Waals surface area contributed by atoms with Crippen LogP contribution < -0.4 is 10.6 Å². The molecule has 1 aliphatic heterocycles. The topological polar surface area (TPSA) is 164 Å². The lowest BCUT2D eigenvalue weighted by Crippen LogP contribution is -2.36. The highest BCUT2D eigenvalue weighted by Crippen LogP contribution is 2.44. The van der Waals surface area contributed by atoms with E-state index in [1.165, 1.54) is 19.1 Å². The molecule has 10 nitrogen and oxygen atoms in total. The number of nitrogens with one attached hydrogen (secondary N) is 2. The van der Waals surface area contributed by atoms with E-state index < -0.39 is 12.6 Å². The molecule has 1 amide bonds. The molecule has 1 atom stereocenters. The highest BCUT2D eigenvalue weighted by molar-refractivity contribution is 5.94. The molecule has 0 spiro atoms. The Hall–Kier alpha value is -4.75. The van der Waals surface area contributed by atoms with Crippen molar-refractivity contribution < 1.29 is 14.3 Å². The summed E-state index contributed by atoms with van der Waals surface area (Å²) in [7, 11) is 0. The Bertz CT molecular complexity index is 1320. The molecule has 176 valence electrons. The lowest BCUT2D eigenvalue weighted by molar-refractivity contribution is -0.114. The van der Waals surface area contributed by atoms with Crippen LogP contribution in [-0.4, -0.2) is 24.0 Å². The lowest BCUT2D eigenvalue weighted by Gasteiger charge is -2.38. The standard InChI is InChI=1S/C25H23N7O3/c1-14-11-25(3,4)30-20-10-21(29-15(2)33)22(9-19(14)20)31-32-23-17(12-27)7-16(8-18(23)13-28)24(34)35-6-5-26/h7-10,14,30H,6,11H2,1-4H3,(H,29,33)/b32-31+. The lowest BCUT2D eigenvalue weighted by atomic mass is 9.81. The van der Waals surface area contributed by atoms with Crippen molar-refractivity contribution in [3.05, 3.63) is 46.5 Å². The van der Waals surface area contributed by atoms with Crippen LogP contribution in [0, 0.1) is 34.0 Å². The van der Waals surface area contributed by atoms with E-state index in [1.54, 1.807) is 12.1 Å². The fourth-order valence-electron chi connectivity index (χ4n) is 4.10. The SMILES string of the molecule is CC(=O)Nc1cc2c(cc1/N=N/c1c(C#N)cc(C(=O)OCC#N)cc1C#N)C(C)CC(C)(C)N2. The molecule has 1 aliphatic rings. The minimum Gasteiger partial charge on any atom is -0.447 e. The van der Waals surface area contributed by atoms with Crippen molar-refractivity contribution in [3.8, 4) is 18.2 Å². The van der Waals surface area contributed by atoms with E-state index in [2.05, 4.69) is 41.6 Å². The molecule has 0 saturated heterocycles. The molecule has 0 fully saturated rings. The quantitative estimate of drug-likeness (QED) is 0.450. The first-order valence-corrected chi connectivity index (χ1v) is 10.8. The van der Waals surface area contributed by atoms with Crippen molar-refractivity contribution in [3.63, 3.8) is 0 Å². The summed E-state index contributed by atoms with van der Waals surface area (Å²) in [4.78, 5) is 23.9. The van der Waals surface area contributed by atoms with Crippen molar-refractivity contribution in [1.82, 2.24) is 0 Å². The Morgan fingerprint density at radius 3 is 2.37 bits per heavy atom. The molecule has 10 heteroatoms. The van der Waals surface area contributed by atoms with Crippen molar-refractivity contribution >= 4 is 34.6 Å². The summed E-state index contributed by atoms with van der Waals surface area (Å²) in [6.07, 6.45) is 0.886. The van der Waals surface area contributed by atoms with Gasteiger partial charge in [0, 0.05) is 18.2 Å². The summed E-state index contributed by atoms with van der Waals surface area (Å²) in [5, 5.41) is 42.4. The summed E-state index contributed by atoms with van der Waals surface area (Å²) in [5.41, 5.74) is 2.34. The van der Waals surface area contributed by atoms with Gasteiger partial charge in [-0.05, 0) is 56.0 Å². The molecule has 0 bridgehead atoms. The smallest absolute Gasteiger partial charge is 0.339 e. The van der Waals surface area contributed by atoms with Gasteiger partial charge in [0.05, 0.1) is 22.4 Å². The van der Waals surface area contributed by atoms with Gasteiger partial charge in [-0.1, -0.05) is 6.92 Å². The second kappa shape index (κ2) is 10.0. The van der Waals surface area contributed by atoms with Gasteiger partial charge in [0.2, 0.25) is 5.91 Å². The number of azo groups is 1. The number of carbonyl (C=O) groups excluding carboxylic acids is 2. The highest BCUT2D eigenvalue weighted by atomic mass is 16.5. The number of anilines is 2. The monoisotopic (exact) mass is 469 g/mol. The maximum absolute atomic E-state index is 12.1. The van der Waals surface area contributed by atoms with E-state index in [1.807, 2.05) is 18.2 Å². The Balaban J connectivity index is 2.09. The molecule has 1 unspecified atom stereocenters. The molecule has 0 saturated carbocycles. The zero-order valence-electron chi connectivity index (χ0n) is 19.8. The zero-order valence-corrected chi connectivity index (χ0v) is 19.8. The van der Waals surface area contributed by atoms with E-state index >= 15 is 0 Å². The number of hydrogen-bond acceptors (Lipinski definition) is 9. The molecule has 35 heavy (non-hydrogen) atoms. The van der Waals surface area contributed by atoms with Crippen LogP contribution in [0.15, 0.2) is 34.5 Å². The summed E-state index contributed by atoms with van der Waals surface area (Å²) in [6.45, 7) is 7.23. The number of ether oxygens (including phenoxy) is 1. The van der Waals surface area contributed by atoms with Crippen molar-refractivity contribution in [1.29, 1.82) is 15.8 Å². The first-order valence-electron chi connectivity index (χ1n) is 10.8. The Labute approximate surface area is 202 Å². The molecular formula is C25H23N7O3. The minimum absolute atomic E-state index is 0.0226. The van der Waals surface area contributed by atoms with Gasteiger partial charge >= 0.3 is 5.97 Å². The number of nitriles is 3. The molecule has 2 aromatic rings. The van der Waals surface area contributed by atoms with Crippen LogP contribution >= 0.6 is 0 Å². The molecule has 1 heterocycles. The second-order valence-electron chi connectivity index (χ2n) is 8.83. The van der Waals surface area contributed by atoms with Crippen molar-refractivity contribution in [2.45, 2.75) is 45.6 Å². The van der Waals surface area contributed by atoms with Crippen LogP contribution in [0.2, 0.25) is 0 Å². The highest BCUT2D eigenvalue weighted by Gasteiger charge is 2.30. The number of esters is 1. The minimum atomic E-state index is -0.838. The van der Waals surface area contributed by atoms with Crippen LogP contribution in [0.1, 0.15) is 67.1 Å². The third-order valence-electron chi connectivity index (χ3n) is 5.41. The fourth-order valence-corrected chi connectivity index (χ4v) is 4.10. The van der Waals surface area contributed by atoms with Gasteiger partial charge in [0.1, 0.15) is 29.6 Å². The number of rotatable bonds is 5. The molecule has 0 radical (unpaired) electrons. The molecule has 0 aromatic heterocycles. The number of benzene rings is 2. The Kier molecular flexibility index (Phi) is 7.13. The van der Waals surface area contributed by atoms with Gasteiger partial charge in [-0.15, -0.1) is 10.2 Å². The van der Waals surface area contributed by atoms with Crippen LogP contribution in [0.5, 0.6) is 0 Å². The molecule has 2 N–H and O–H groups in total. The normalized spacial score (nSPS) is 15.6. The third kappa shape index (κ3) is 5.61. The van der Waals surface area contributed by atoms with Crippen molar-refractivity contribution in [2.75, 3.05) is 17.2 Å². The predicted molar refractivity (Wildman–Crippen MR) is 127 cm³/mol. The number of carbonyl (C=O) groups is 2. The fraction of sp³-hybridized carbons (Fsp3) is 0.320. The summed E-state index contributed by atoms with van der Waals surface area (Å²) >= 11 is 0. The van der Waals surface area contributed by atoms with E-state index in [-0.39, 0.29) is 39.7 Å². The van der Waals surface area contributed by atoms with E-state index in [4.69, 9.17) is 10.00 Å². The number of hydrogen-bond donors (Lipinski definition) is 2. The average Bonchev–Trinajstić information content (AvgIpc) is 2.79. The van der Waals surface area contributed by atoms with E-state index in [0.29, 0.717) is 11.4 Å². The van der Waals surface area contributed by atoms with E-state index in [9.17, 15) is 20.1 Å². The Morgan fingerprint density at radius 1 is 1.14 bits per heavy atom. The molecule has 3 rings (SSSR count). The van der Waals surface area contributed by atoms with Gasteiger partial charge in [-0.2, -0.15) is 15.8 Å². The van der Waals surface area contributed by atoms with Crippen LogP contribution in [0.4, 0.5) is 22.7 Å². The van der Waals surface area contributed by atoms with Gasteiger partial charge in [-0.3, -0.25) is 4.79 Å². The largest absolute Gasteiger partial charge is 0.447 e. The van der Waals surface area contributed by atoms with Gasteiger partial charge in [-0.25, -0.2) is 4.79 Å². The molecule has 0 aliphatic carbocycles. The predicted octanol–water partition coefficient (Wildman–Crippen LogP) is 5.18. The van der Waals surface area contributed by atoms with E-state index in [0.717, 1.165) is 17.7 Å². The first-order chi connectivity index (χ1) is 16.6. The van der Waals surface area contributed by atoms with Gasteiger partial charge in [0.25, 0.3) is 0 Å². The number of fused-ring (bicyclic) bond motifs is 1. The van der Waals surface area contributed by atoms with Gasteiger partial charge < -0.3 is 15.4 Å². The van der Waals surface area contributed by atoms with Crippen molar-refractivity contribution in [2.24, 2.45) is 10.2 Å². The maximum atomic E-state index is 12.1. The van der Waals surface area contributed by atoms with Crippen LogP contribution in [-0.2, 0) is 9.53 Å². The van der Waals surface area contributed by atoms with Crippen LogP contribution in [0.25, 0.3) is 0 Å². The Morgan fingerprint density at radius 2 is 1.80 bits per heavy atom. The maximum Gasteiger partial charge on any atom is 0.339 e. The number of nitrogens with zero attached hydrogens (tertiary/aromatic N) is 5. The molecular weight excluding hydrogens is 446 g/mol. The average molecular weight is 470 g/mol. The molecule has 2 aromatic carbocycles. The first kappa shape index (κ1) is 24.9.